The normalized spacial score (nSPS) is 24.3. The third-order valence-corrected chi connectivity index (χ3v) is 9.07. The molecule has 0 bridgehead atoms. The molecule has 3 aliphatic rings. The average Bonchev–Trinajstić information content (AvgIpc) is 2.93. The molecule has 0 unspecified atom stereocenters. The van der Waals surface area contributed by atoms with E-state index in [1.54, 1.807) is 0 Å². The summed E-state index contributed by atoms with van der Waals surface area (Å²) in [5.74, 6) is 0.165. The summed E-state index contributed by atoms with van der Waals surface area (Å²) in [5, 5.41) is 0. The fraction of sp³-hybridized carbons (Fsp3) is 0.571. The van der Waals surface area contributed by atoms with Gasteiger partial charge in [0.25, 0.3) is 0 Å². The number of halogens is 3. The molecule has 0 radical (unpaired) electrons. The molecule has 2 fully saturated rings. The van der Waals surface area contributed by atoms with Crippen molar-refractivity contribution in [3.8, 4) is 0 Å². The van der Waals surface area contributed by atoms with Crippen LogP contribution in [0, 0.1) is 11.6 Å². The van der Waals surface area contributed by atoms with Gasteiger partial charge < -0.3 is 0 Å². The molecule has 0 N–H and O–H groups in total. The number of amidine groups is 1. The molecule has 1 aromatic rings. The third-order valence-electron chi connectivity index (χ3n) is 6.34. The summed E-state index contributed by atoms with van der Waals surface area (Å²) in [6.07, 6.45) is 1.94. The Labute approximate surface area is 187 Å². The summed E-state index contributed by atoms with van der Waals surface area (Å²) in [6, 6.07) is 4.04. The Morgan fingerprint density at radius 3 is 2.17 bits per heavy atom. The van der Waals surface area contributed by atoms with Gasteiger partial charge in [-0.2, -0.15) is 0 Å². The van der Waals surface area contributed by atoms with Gasteiger partial charge in [-0.05, 0) is 0 Å². The Balaban J connectivity index is 1.34. The second-order valence-corrected chi connectivity index (χ2v) is 11.6. The van der Waals surface area contributed by atoms with Crippen LogP contribution in [-0.4, -0.2) is 64.6 Å². The molecule has 1 aromatic carbocycles. The van der Waals surface area contributed by atoms with Crippen molar-refractivity contribution < 1.29 is 39.3 Å². The number of piperazine rings is 1. The number of hydrogen-bond acceptors (Lipinski definition) is 5. The molecule has 0 aromatic heterocycles. The maximum absolute atomic E-state index is 13.9. The van der Waals surface area contributed by atoms with Crippen molar-refractivity contribution in [1.82, 2.24) is 9.80 Å². The van der Waals surface area contributed by atoms with Crippen LogP contribution in [0.3, 0.4) is 0 Å². The zero-order valence-corrected chi connectivity index (χ0v) is 20.1. The van der Waals surface area contributed by atoms with Crippen molar-refractivity contribution in [3.63, 3.8) is 0 Å². The number of benzene rings is 1. The molecule has 0 atom stereocenters. The van der Waals surface area contributed by atoms with Crippen LogP contribution in [0.2, 0.25) is 0 Å². The molecule has 5 nitrogen and oxygen atoms in total. The van der Waals surface area contributed by atoms with Crippen molar-refractivity contribution in [3.05, 3.63) is 45.1 Å². The SMILES string of the molecule is CC1(C)OB(C2=CN=C(N3CCN(Cc4c(F)cccc4F)CC3)C[I-]2)OC1(C)C. The van der Waals surface area contributed by atoms with Crippen LogP contribution in [0.5, 0.6) is 0 Å². The fourth-order valence-corrected chi connectivity index (χ4v) is 6.07. The van der Waals surface area contributed by atoms with Crippen LogP contribution in [0.25, 0.3) is 0 Å². The van der Waals surface area contributed by atoms with Gasteiger partial charge in [0.05, 0.1) is 0 Å². The zero-order chi connectivity index (χ0) is 21.5. The van der Waals surface area contributed by atoms with Crippen LogP contribution in [-0.2, 0) is 15.9 Å². The van der Waals surface area contributed by atoms with Gasteiger partial charge in [-0.25, -0.2) is 0 Å². The summed E-state index contributed by atoms with van der Waals surface area (Å²) < 4.78 is 42.3. The van der Waals surface area contributed by atoms with E-state index in [1.807, 2.05) is 6.20 Å². The molecule has 3 heterocycles. The number of alkyl halides is 1. The Hall–Kier alpha value is -1.04. The first kappa shape index (κ1) is 22.2. The zero-order valence-electron chi connectivity index (χ0n) is 17.9. The van der Waals surface area contributed by atoms with E-state index < -0.39 is 11.6 Å². The maximum atomic E-state index is 13.9. The summed E-state index contributed by atoms with van der Waals surface area (Å²) in [5.41, 5.74) is -0.512. The predicted octanol–water partition coefficient (Wildman–Crippen LogP) is 0.0563. The predicted molar refractivity (Wildman–Crippen MR) is 110 cm³/mol. The number of rotatable bonds is 3. The van der Waals surface area contributed by atoms with Crippen molar-refractivity contribution in [2.45, 2.75) is 45.4 Å². The Morgan fingerprint density at radius 1 is 1.03 bits per heavy atom. The first-order valence-corrected chi connectivity index (χ1v) is 12.9. The van der Waals surface area contributed by atoms with Crippen LogP contribution in [0.15, 0.2) is 32.9 Å². The van der Waals surface area contributed by atoms with Gasteiger partial charge >= 0.3 is 188 Å². The van der Waals surface area contributed by atoms with Crippen molar-refractivity contribution >= 4 is 13.0 Å². The molecule has 0 amide bonds. The van der Waals surface area contributed by atoms with Gasteiger partial charge in [0.15, 0.2) is 0 Å². The van der Waals surface area contributed by atoms with Gasteiger partial charge in [-0.3, -0.25) is 0 Å². The molecule has 164 valence electrons. The van der Waals surface area contributed by atoms with Gasteiger partial charge in [-0.1, -0.05) is 0 Å². The second-order valence-electron chi connectivity index (χ2n) is 8.88. The molecule has 30 heavy (non-hydrogen) atoms. The van der Waals surface area contributed by atoms with Crippen LogP contribution in [0.1, 0.15) is 33.3 Å². The minimum absolute atomic E-state index is 0.154. The summed E-state index contributed by atoms with van der Waals surface area (Å²) >= 11 is -0.251. The Kier molecular flexibility index (Phi) is 6.27. The van der Waals surface area contributed by atoms with Gasteiger partial charge in [-0.15, -0.1) is 0 Å². The Morgan fingerprint density at radius 2 is 1.63 bits per heavy atom. The molecular weight excluding hydrogens is 502 g/mol. The number of nitrogens with zero attached hydrogens (tertiary/aromatic N) is 3. The van der Waals surface area contributed by atoms with Gasteiger partial charge in [0, 0.05) is 0 Å². The van der Waals surface area contributed by atoms with E-state index in [1.165, 1.54) is 21.7 Å². The molecule has 0 saturated carbocycles. The Bertz CT molecular complexity index is 834. The molecule has 2 saturated heterocycles. The quantitative estimate of drug-likeness (QED) is 0.315. The summed E-state index contributed by atoms with van der Waals surface area (Å²) in [4.78, 5) is 9.12. The third kappa shape index (κ3) is 4.44. The van der Waals surface area contributed by atoms with Crippen LogP contribution in [0.4, 0.5) is 8.78 Å². The van der Waals surface area contributed by atoms with Crippen LogP contribution < -0.4 is 21.2 Å². The van der Waals surface area contributed by atoms with E-state index in [2.05, 4.69) is 37.5 Å². The fourth-order valence-electron chi connectivity index (χ4n) is 3.66. The topological polar surface area (TPSA) is 37.3 Å². The van der Waals surface area contributed by atoms with Gasteiger partial charge in [0.2, 0.25) is 0 Å². The molecule has 3 aliphatic heterocycles. The molecule has 4 rings (SSSR count). The molecule has 0 aliphatic carbocycles. The second kappa shape index (κ2) is 8.48. The first-order chi connectivity index (χ1) is 14.2. The number of aliphatic imine (C=N–C) groups is 1. The first-order valence-electron chi connectivity index (χ1n) is 10.3. The number of hydrogen-bond donors (Lipinski definition) is 0. The summed E-state index contributed by atoms with van der Waals surface area (Å²) in [7, 11) is -0.291. The van der Waals surface area contributed by atoms with Crippen LogP contribution >= 0.6 is 0 Å². The van der Waals surface area contributed by atoms with E-state index >= 15 is 0 Å². The standard InChI is InChI=1S/C21H28BF2IN3O2/c1-20(2)21(3,4)30-22(29-20)18-13-26-19(12-25-18)28-10-8-27(9-11-28)14-15-16(23)6-5-7-17(15)24/h5-7,13H,8-12,14H2,1-4H3/q-1. The average molecular weight is 530 g/mol. The van der Waals surface area contributed by atoms with Crippen molar-refractivity contribution in [2.75, 3.05) is 30.6 Å². The van der Waals surface area contributed by atoms with E-state index in [0.29, 0.717) is 6.54 Å². The molecular formula is C21H28BF2IN3O2-. The molecule has 9 heteroatoms. The monoisotopic (exact) mass is 530 g/mol. The van der Waals surface area contributed by atoms with E-state index in [4.69, 9.17) is 14.3 Å². The minimum atomic E-state index is -0.473. The van der Waals surface area contributed by atoms with Crippen molar-refractivity contribution in [1.29, 1.82) is 0 Å². The van der Waals surface area contributed by atoms with Crippen molar-refractivity contribution in [2.24, 2.45) is 4.99 Å². The molecule has 0 spiro atoms. The van der Waals surface area contributed by atoms with Gasteiger partial charge in [0.1, 0.15) is 0 Å². The van der Waals surface area contributed by atoms with E-state index in [0.717, 1.165) is 36.4 Å². The van der Waals surface area contributed by atoms with E-state index in [9.17, 15) is 8.78 Å². The van der Waals surface area contributed by atoms with E-state index in [-0.39, 0.29) is 45.1 Å². The summed E-state index contributed by atoms with van der Waals surface area (Å²) in [6.45, 7) is 11.7.